The fraction of sp³-hybridized carbons (Fsp3) is 0.360. The standard InChI is InChI=1S/C25H22F3N7O/c1-11(36)21-31-23(35-34-21)22-29-10-16(28)20(30-22)25-8-7-13(24(25,2)3)12-9-17(32-33-19(12)25)18-14(26)5-4-6-15(18)27/h4-6,9-11,13,36H,7-8H2,1-3H3,(H,31,34,35)/t11-,13+,25-/m1/s1. The molecule has 0 radical (unpaired) electrons. The number of aromatic nitrogens is 7. The highest BCUT2D eigenvalue weighted by molar-refractivity contribution is 5.64. The maximum absolute atomic E-state index is 15.4. The van der Waals surface area contributed by atoms with Crippen LogP contribution in [0.4, 0.5) is 13.2 Å². The van der Waals surface area contributed by atoms with E-state index in [2.05, 4.69) is 35.3 Å². The van der Waals surface area contributed by atoms with E-state index in [4.69, 9.17) is 0 Å². The van der Waals surface area contributed by atoms with Crippen LogP contribution < -0.4 is 0 Å². The fourth-order valence-electron chi connectivity index (χ4n) is 6.06. The van der Waals surface area contributed by atoms with E-state index in [0.29, 0.717) is 12.1 Å². The number of nitrogens with one attached hydrogen (secondary N) is 1. The van der Waals surface area contributed by atoms with Crippen molar-refractivity contribution >= 4 is 0 Å². The van der Waals surface area contributed by atoms with Gasteiger partial charge in [-0.25, -0.2) is 23.1 Å². The van der Waals surface area contributed by atoms with Gasteiger partial charge in [-0.2, -0.15) is 5.10 Å². The Morgan fingerprint density at radius 2 is 1.78 bits per heavy atom. The van der Waals surface area contributed by atoms with Crippen LogP contribution in [0.1, 0.15) is 68.4 Å². The predicted molar refractivity (Wildman–Crippen MR) is 122 cm³/mol. The second-order valence-electron chi connectivity index (χ2n) is 9.97. The van der Waals surface area contributed by atoms with Crippen molar-refractivity contribution in [3.8, 4) is 22.9 Å². The summed E-state index contributed by atoms with van der Waals surface area (Å²) in [7, 11) is 0. The number of nitrogens with zero attached hydrogens (tertiary/aromatic N) is 6. The molecule has 3 aromatic heterocycles. The third kappa shape index (κ3) is 2.92. The van der Waals surface area contributed by atoms with Crippen molar-refractivity contribution in [3.05, 3.63) is 70.7 Å². The van der Waals surface area contributed by atoms with E-state index in [1.165, 1.54) is 25.1 Å². The number of hydrogen-bond acceptors (Lipinski definition) is 7. The second-order valence-corrected chi connectivity index (χ2v) is 9.97. The van der Waals surface area contributed by atoms with E-state index in [1.54, 1.807) is 6.07 Å². The molecule has 1 aromatic carbocycles. The van der Waals surface area contributed by atoms with Gasteiger partial charge in [0.15, 0.2) is 23.3 Å². The van der Waals surface area contributed by atoms with Gasteiger partial charge in [0, 0.05) is 0 Å². The van der Waals surface area contributed by atoms with Crippen LogP contribution in [0.5, 0.6) is 0 Å². The van der Waals surface area contributed by atoms with Gasteiger partial charge in [0.05, 0.1) is 34.3 Å². The minimum Gasteiger partial charge on any atom is -0.385 e. The number of aromatic amines is 1. The van der Waals surface area contributed by atoms with Gasteiger partial charge in [0.25, 0.3) is 0 Å². The van der Waals surface area contributed by atoms with Gasteiger partial charge in [-0.05, 0) is 54.9 Å². The summed E-state index contributed by atoms with van der Waals surface area (Å²) in [5.74, 6) is -1.52. The Morgan fingerprint density at radius 1 is 1.03 bits per heavy atom. The highest BCUT2D eigenvalue weighted by Crippen LogP contribution is 2.69. The van der Waals surface area contributed by atoms with Gasteiger partial charge in [-0.3, -0.25) is 0 Å². The summed E-state index contributed by atoms with van der Waals surface area (Å²) in [6, 6.07) is 5.32. The number of aliphatic hydroxyl groups is 1. The Kier molecular flexibility index (Phi) is 4.82. The van der Waals surface area contributed by atoms with Gasteiger partial charge in [0.1, 0.15) is 17.7 Å². The lowest BCUT2D eigenvalue weighted by atomic mass is 9.66. The molecule has 6 rings (SSSR count). The molecule has 11 heteroatoms. The molecule has 3 heterocycles. The minimum atomic E-state index is -0.929. The summed E-state index contributed by atoms with van der Waals surface area (Å²) in [6.07, 6.45) is 1.51. The first-order valence-electron chi connectivity index (χ1n) is 11.6. The molecule has 0 spiro atoms. The summed E-state index contributed by atoms with van der Waals surface area (Å²) in [5, 5.41) is 26.3. The smallest absolute Gasteiger partial charge is 0.199 e. The van der Waals surface area contributed by atoms with Gasteiger partial charge in [0.2, 0.25) is 0 Å². The van der Waals surface area contributed by atoms with Gasteiger partial charge < -0.3 is 10.1 Å². The number of hydrogen-bond donors (Lipinski definition) is 2. The molecule has 1 saturated carbocycles. The summed E-state index contributed by atoms with van der Waals surface area (Å²) in [6.45, 7) is 5.59. The summed E-state index contributed by atoms with van der Waals surface area (Å²) in [5.41, 5.74) is -0.0930. The molecule has 0 amide bonds. The molecule has 2 aliphatic rings. The van der Waals surface area contributed by atoms with Crippen molar-refractivity contribution in [2.75, 3.05) is 0 Å². The molecule has 2 N–H and O–H groups in total. The first-order chi connectivity index (χ1) is 17.1. The highest BCUT2D eigenvalue weighted by Gasteiger charge is 2.66. The molecule has 4 aromatic rings. The first-order valence-corrected chi connectivity index (χ1v) is 11.6. The molecule has 36 heavy (non-hydrogen) atoms. The number of H-pyrrole nitrogens is 1. The lowest BCUT2D eigenvalue weighted by Crippen LogP contribution is -2.39. The Labute approximate surface area is 204 Å². The third-order valence-corrected chi connectivity index (χ3v) is 7.86. The third-order valence-electron chi connectivity index (χ3n) is 7.86. The number of benzene rings is 1. The molecule has 1 fully saturated rings. The van der Waals surface area contributed by atoms with Crippen LogP contribution in [-0.2, 0) is 5.41 Å². The van der Waals surface area contributed by atoms with Crippen LogP contribution in [0, 0.1) is 22.9 Å². The van der Waals surface area contributed by atoms with Gasteiger partial charge in [-0.15, -0.1) is 15.3 Å². The number of rotatable bonds is 4. The maximum Gasteiger partial charge on any atom is 0.199 e. The molecule has 0 saturated heterocycles. The zero-order chi connectivity index (χ0) is 25.4. The van der Waals surface area contributed by atoms with Crippen molar-refractivity contribution < 1.29 is 18.3 Å². The average molecular weight is 493 g/mol. The Bertz CT molecular complexity index is 1500. The van der Waals surface area contributed by atoms with Gasteiger partial charge >= 0.3 is 0 Å². The van der Waals surface area contributed by atoms with Crippen LogP contribution in [-0.4, -0.2) is 40.5 Å². The fourth-order valence-corrected chi connectivity index (χ4v) is 6.06. The van der Waals surface area contributed by atoms with Crippen molar-refractivity contribution in [1.29, 1.82) is 0 Å². The SMILES string of the molecule is C[C@@H](O)c1nnc(-c2ncc(F)c([C@@]34CC[C@@H](c5cc(-c6c(F)cccc6F)nnc53)C4(C)C)n2)[nH]1. The molecular formula is C25H22F3N7O. The zero-order valence-corrected chi connectivity index (χ0v) is 19.7. The van der Waals surface area contributed by atoms with Crippen molar-refractivity contribution in [2.24, 2.45) is 5.41 Å². The van der Waals surface area contributed by atoms with E-state index in [0.717, 1.165) is 18.2 Å². The maximum atomic E-state index is 15.4. The van der Waals surface area contributed by atoms with E-state index < -0.39 is 34.4 Å². The second kappa shape index (κ2) is 7.63. The van der Waals surface area contributed by atoms with E-state index >= 15 is 4.39 Å². The van der Waals surface area contributed by atoms with E-state index in [-0.39, 0.29) is 40.3 Å². The Morgan fingerprint density at radius 3 is 2.47 bits per heavy atom. The number of fused-ring (bicyclic) bond motifs is 5. The van der Waals surface area contributed by atoms with E-state index in [9.17, 15) is 13.9 Å². The van der Waals surface area contributed by atoms with Crippen LogP contribution in [0.15, 0.2) is 30.5 Å². The Hall–Kier alpha value is -3.73. The first kappa shape index (κ1) is 22.7. The van der Waals surface area contributed by atoms with Crippen molar-refractivity contribution in [1.82, 2.24) is 35.3 Å². The van der Waals surface area contributed by atoms with Gasteiger partial charge in [-0.1, -0.05) is 19.9 Å². The topological polar surface area (TPSA) is 113 Å². The number of aliphatic hydroxyl groups excluding tert-OH is 1. The molecule has 184 valence electrons. The molecule has 0 unspecified atom stereocenters. The quantitative estimate of drug-likeness (QED) is 0.433. The summed E-state index contributed by atoms with van der Waals surface area (Å²) in [4.78, 5) is 11.5. The number of halogens is 3. The largest absolute Gasteiger partial charge is 0.385 e. The normalized spacial score (nSPS) is 22.6. The summed E-state index contributed by atoms with van der Waals surface area (Å²) < 4.78 is 44.4. The van der Waals surface area contributed by atoms with Crippen LogP contribution in [0.3, 0.4) is 0 Å². The van der Waals surface area contributed by atoms with Crippen LogP contribution >= 0.6 is 0 Å². The molecule has 3 atom stereocenters. The van der Waals surface area contributed by atoms with Crippen molar-refractivity contribution in [3.63, 3.8) is 0 Å². The van der Waals surface area contributed by atoms with Crippen LogP contribution in [0.2, 0.25) is 0 Å². The zero-order valence-electron chi connectivity index (χ0n) is 19.7. The minimum absolute atomic E-state index is 0.0403. The monoisotopic (exact) mass is 493 g/mol. The van der Waals surface area contributed by atoms with Crippen LogP contribution in [0.25, 0.3) is 22.9 Å². The molecular weight excluding hydrogens is 471 g/mol. The summed E-state index contributed by atoms with van der Waals surface area (Å²) >= 11 is 0. The Balaban J connectivity index is 1.52. The predicted octanol–water partition coefficient (Wildman–Crippen LogP) is 4.39. The molecule has 0 aliphatic heterocycles. The van der Waals surface area contributed by atoms with Crippen molar-refractivity contribution in [2.45, 2.75) is 51.0 Å². The van der Waals surface area contributed by atoms with E-state index in [1.807, 2.05) is 13.8 Å². The highest BCUT2D eigenvalue weighted by atomic mass is 19.1. The lowest BCUT2D eigenvalue weighted by molar-refractivity contribution is 0.189. The molecule has 8 nitrogen and oxygen atoms in total. The lowest BCUT2D eigenvalue weighted by Gasteiger charge is -2.37. The molecule has 2 aliphatic carbocycles. The molecule has 2 bridgehead atoms. The average Bonchev–Trinajstić information content (AvgIpc) is 3.48.